The van der Waals surface area contributed by atoms with Crippen molar-refractivity contribution in [2.45, 2.75) is 37.6 Å². The fourth-order valence-electron chi connectivity index (χ4n) is 1.64. The zero-order valence-electron chi connectivity index (χ0n) is 10.4. The van der Waals surface area contributed by atoms with Crippen molar-refractivity contribution in [1.29, 1.82) is 0 Å². The number of thioether (sulfide) groups is 1. The predicted molar refractivity (Wildman–Crippen MR) is 71.9 cm³/mol. The average molecular weight is 255 g/mol. The number of benzene rings is 1. The second kappa shape index (κ2) is 7.71. The zero-order valence-corrected chi connectivity index (χ0v) is 11.2. The molecule has 0 aliphatic heterocycles. The second-order valence-electron chi connectivity index (χ2n) is 4.02. The Morgan fingerprint density at radius 1 is 1.12 bits per heavy atom. The Bertz CT molecular complexity index is 296. The van der Waals surface area contributed by atoms with Crippen LogP contribution in [0.1, 0.15) is 20.3 Å². The van der Waals surface area contributed by atoms with Crippen LogP contribution >= 0.6 is 11.8 Å². The molecule has 1 aromatic rings. The average Bonchev–Trinajstić information content (AvgIpc) is 2.29. The maximum atomic E-state index is 9.46. The lowest BCUT2D eigenvalue weighted by Crippen LogP contribution is -2.40. The van der Waals surface area contributed by atoms with Crippen molar-refractivity contribution in [3.63, 3.8) is 0 Å². The fraction of sp³-hybridized carbons (Fsp3) is 0.538. The molecule has 96 valence electrons. The van der Waals surface area contributed by atoms with Crippen LogP contribution in [0.25, 0.3) is 0 Å². The van der Waals surface area contributed by atoms with Gasteiger partial charge in [-0.2, -0.15) is 0 Å². The minimum atomic E-state index is -0.600. The molecule has 0 aliphatic rings. The summed E-state index contributed by atoms with van der Waals surface area (Å²) in [5, 5.41) is 18.9. The largest absolute Gasteiger partial charge is 0.379 e. The third kappa shape index (κ3) is 5.55. The Hall–Kier alpha value is -0.550. The molecule has 0 fully saturated rings. The highest BCUT2D eigenvalue weighted by molar-refractivity contribution is 7.99. The summed E-state index contributed by atoms with van der Waals surface area (Å²) in [6.45, 7) is 4.06. The van der Waals surface area contributed by atoms with E-state index < -0.39 is 12.5 Å². The Balaban J connectivity index is 2.23. The second-order valence-corrected chi connectivity index (χ2v) is 5.18. The molecule has 1 rings (SSSR count). The minimum Gasteiger partial charge on any atom is -0.379 e. The van der Waals surface area contributed by atoms with Gasteiger partial charge in [0.25, 0.3) is 0 Å². The van der Waals surface area contributed by atoms with Crippen LogP contribution < -0.4 is 0 Å². The molecule has 4 heteroatoms. The molecular weight excluding hydrogens is 234 g/mol. The van der Waals surface area contributed by atoms with Gasteiger partial charge in [0.05, 0.1) is 0 Å². The smallest absolute Gasteiger partial charge is 0.106 e. The van der Waals surface area contributed by atoms with Gasteiger partial charge < -0.3 is 10.2 Å². The first-order chi connectivity index (χ1) is 8.11. The highest BCUT2D eigenvalue weighted by Crippen LogP contribution is 2.18. The highest BCUT2D eigenvalue weighted by atomic mass is 32.2. The van der Waals surface area contributed by atoms with Crippen LogP contribution in [-0.4, -0.2) is 39.9 Å². The Kier molecular flexibility index (Phi) is 6.58. The number of hydrogen-bond donors (Lipinski definition) is 2. The number of aliphatic hydroxyl groups is 2. The van der Waals surface area contributed by atoms with E-state index >= 15 is 0 Å². The molecule has 0 aliphatic carbocycles. The maximum Gasteiger partial charge on any atom is 0.106 e. The van der Waals surface area contributed by atoms with E-state index in [1.807, 2.05) is 18.2 Å². The van der Waals surface area contributed by atoms with Crippen LogP contribution in [-0.2, 0) is 0 Å². The lowest BCUT2D eigenvalue weighted by atomic mass is 10.3. The van der Waals surface area contributed by atoms with Gasteiger partial charge >= 0.3 is 0 Å². The topological polar surface area (TPSA) is 43.7 Å². The first kappa shape index (κ1) is 14.5. The molecular formula is C13H21NO2S. The van der Waals surface area contributed by atoms with Crippen LogP contribution in [0.4, 0.5) is 0 Å². The van der Waals surface area contributed by atoms with E-state index in [2.05, 4.69) is 12.1 Å². The Labute approximate surface area is 107 Å². The van der Waals surface area contributed by atoms with Crippen molar-refractivity contribution < 1.29 is 10.2 Å². The molecule has 2 unspecified atom stereocenters. The van der Waals surface area contributed by atoms with Crippen molar-refractivity contribution in [3.05, 3.63) is 30.3 Å². The van der Waals surface area contributed by atoms with Gasteiger partial charge in [0.2, 0.25) is 0 Å². The first-order valence-corrected chi connectivity index (χ1v) is 6.89. The number of hydrogen-bond acceptors (Lipinski definition) is 4. The van der Waals surface area contributed by atoms with Gasteiger partial charge in [-0.15, -0.1) is 11.8 Å². The Morgan fingerprint density at radius 3 is 2.24 bits per heavy atom. The summed E-state index contributed by atoms with van der Waals surface area (Å²) in [7, 11) is 0. The molecule has 1 aromatic carbocycles. The maximum absolute atomic E-state index is 9.46. The molecule has 0 saturated carbocycles. The molecule has 0 heterocycles. The SMILES string of the molecule is CC(O)N(CCCSc1ccccc1)C(C)O. The summed E-state index contributed by atoms with van der Waals surface area (Å²) in [6.07, 6.45) is -0.261. The van der Waals surface area contributed by atoms with E-state index in [4.69, 9.17) is 0 Å². The monoisotopic (exact) mass is 255 g/mol. The number of rotatable bonds is 7. The van der Waals surface area contributed by atoms with Crippen LogP contribution in [0.2, 0.25) is 0 Å². The predicted octanol–water partition coefficient (Wildman–Crippen LogP) is 2.15. The van der Waals surface area contributed by atoms with Gasteiger partial charge in [-0.05, 0) is 38.2 Å². The van der Waals surface area contributed by atoms with Gasteiger partial charge in [-0.3, -0.25) is 4.90 Å². The minimum absolute atomic E-state index is 0.600. The van der Waals surface area contributed by atoms with Crippen molar-refractivity contribution in [2.24, 2.45) is 0 Å². The molecule has 2 N–H and O–H groups in total. The van der Waals surface area contributed by atoms with Crippen molar-refractivity contribution in [1.82, 2.24) is 4.90 Å². The van der Waals surface area contributed by atoms with Crippen LogP contribution in [0.15, 0.2) is 35.2 Å². The van der Waals surface area contributed by atoms with Gasteiger partial charge in [0, 0.05) is 11.4 Å². The van der Waals surface area contributed by atoms with Gasteiger partial charge in [-0.1, -0.05) is 18.2 Å². The van der Waals surface area contributed by atoms with E-state index in [-0.39, 0.29) is 0 Å². The molecule has 0 aromatic heterocycles. The van der Waals surface area contributed by atoms with Crippen LogP contribution in [0, 0.1) is 0 Å². The van der Waals surface area contributed by atoms with E-state index in [1.54, 1.807) is 30.5 Å². The van der Waals surface area contributed by atoms with Gasteiger partial charge in [-0.25, -0.2) is 0 Å². The molecule has 2 atom stereocenters. The number of nitrogens with zero attached hydrogens (tertiary/aromatic N) is 1. The molecule has 0 amide bonds. The van der Waals surface area contributed by atoms with E-state index in [9.17, 15) is 10.2 Å². The first-order valence-electron chi connectivity index (χ1n) is 5.91. The summed E-state index contributed by atoms with van der Waals surface area (Å²) in [4.78, 5) is 2.93. The lowest BCUT2D eigenvalue weighted by molar-refractivity contribution is -0.0834. The summed E-state index contributed by atoms with van der Waals surface area (Å²) < 4.78 is 0. The zero-order chi connectivity index (χ0) is 12.7. The highest BCUT2D eigenvalue weighted by Gasteiger charge is 2.14. The lowest BCUT2D eigenvalue weighted by Gasteiger charge is -2.27. The normalized spacial score (nSPS) is 14.9. The molecule has 0 radical (unpaired) electrons. The molecule has 0 saturated heterocycles. The van der Waals surface area contributed by atoms with Gasteiger partial charge in [0.15, 0.2) is 0 Å². The van der Waals surface area contributed by atoms with Gasteiger partial charge in [0.1, 0.15) is 12.5 Å². The van der Waals surface area contributed by atoms with Crippen molar-refractivity contribution in [2.75, 3.05) is 12.3 Å². The van der Waals surface area contributed by atoms with Crippen LogP contribution in [0.3, 0.4) is 0 Å². The fourth-order valence-corrected chi connectivity index (χ4v) is 2.50. The Morgan fingerprint density at radius 2 is 1.71 bits per heavy atom. The molecule has 0 bridgehead atoms. The van der Waals surface area contributed by atoms with Crippen LogP contribution in [0.5, 0.6) is 0 Å². The summed E-state index contributed by atoms with van der Waals surface area (Å²) in [5.74, 6) is 0.986. The quantitative estimate of drug-likeness (QED) is 0.445. The number of aliphatic hydroxyl groups excluding tert-OH is 2. The third-order valence-electron chi connectivity index (χ3n) is 2.53. The van der Waals surface area contributed by atoms with Crippen molar-refractivity contribution in [3.8, 4) is 0 Å². The summed E-state index contributed by atoms with van der Waals surface area (Å²) in [6, 6.07) is 10.2. The van der Waals surface area contributed by atoms with E-state index in [0.29, 0.717) is 6.54 Å². The summed E-state index contributed by atoms with van der Waals surface area (Å²) >= 11 is 1.80. The summed E-state index contributed by atoms with van der Waals surface area (Å²) in [5.41, 5.74) is 0. The molecule has 3 nitrogen and oxygen atoms in total. The molecule has 0 spiro atoms. The molecule has 17 heavy (non-hydrogen) atoms. The van der Waals surface area contributed by atoms with Crippen molar-refractivity contribution >= 4 is 11.8 Å². The third-order valence-corrected chi connectivity index (χ3v) is 3.63. The van der Waals surface area contributed by atoms with E-state index in [1.165, 1.54) is 4.90 Å². The van der Waals surface area contributed by atoms with E-state index in [0.717, 1.165) is 12.2 Å². The standard InChI is InChI=1S/C13H21NO2S/c1-11(15)14(12(2)16)9-6-10-17-13-7-4-3-5-8-13/h3-5,7-8,11-12,15-16H,6,9-10H2,1-2H3.